The maximum atomic E-state index is 14.1. The molecule has 0 aliphatic carbocycles. The van der Waals surface area contributed by atoms with E-state index in [0.29, 0.717) is 11.1 Å². The van der Waals surface area contributed by atoms with Crippen LogP contribution in [0, 0.1) is 11.3 Å². The molecule has 2 heterocycles. The topological polar surface area (TPSA) is 123 Å². The van der Waals surface area contributed by atoms with Gasteiger partial charge in [-0.3, -0.25) is 9.59 Å². The van der Waals surface area contributed by atoms with Crippen molar-refractivity contribution in [1.82, 2.24) is 15.1 Å². The number of hydrogen-bond acceptors (Lipinski definition) is 6. The second kappa shape index (κ2) is 10.9. The molecule has 2 atom stereocenters. The van der Waals surface area contributed by atoms with E-state index in [9.17, 15) is 24.4 Å². The quantitative estimate of drug-likeness (QED) is 0.426. The fourth-order valence-electron chi connectivity index (χ4n) is 4.98. The van der Waals surface area contributed by atoms with E-state index in [1.807, 2.05) is 0 Å². The molecule has 1 spiro atoms. The smallest absolute Gasteiger partial charge is 0.332 e. The van der Waals surface area contributed by atoms with E-state index < -0.39 is 35.4 Å². The number of anilines is 1. The van der Waals surface area contributed by atoms with Crippen LogP contribution in [0.4, 0.5) is 15.3 Å². The molecule has 0 bridgehead atoms. The predicted molar refractivity (Wildman–Crippen MR) is 140 cm³/mol. The maximum absolute atomic E-state index is 14.1. The molecule has 10 nitrogen and oxygen atoms in total. The number of carbonyl (C=O) groups excluding carboxylic acids is 4. The largest absolute Gasteiger partial charge is 0.466 e. The molecular formula is C26H25Cl2N5O5. The molecule has 0 saturated carbocycles. The zero-order valence-corrected chi connectivity index (χ0v) is 22.3. The molecule has 4 rings (SSSR count). The van der Waals surface area contributed by atoms with Crippen molar-refractivity contribution in [3.63, 3.8) is 0 Å². The van der Waals surface area contributed by atoms with Gasteiger partial charge in [0.2, 0.25) is 0 Å². The molecular weight excluding hydrogens is 533 g/mol. The van der Waals surface area contributed by atoms with Gasteiger partial charge in [0.15, 0.2) is 0 Å². The highest BCUT2D eigenvalue weighted by Gasteiger charge is 2.65. The van der Waals surface area contributed by atoms with E-state index in [2.05, 4.69) is 11.4 Å². The lowest BCUT2D eigenvalue weighted by Crippen LogP contribution is -2.54. The van der Waals surface area contributed by atoms with Crippen molar-refractivity contribution in [1.29, 1.82) is 5.26 Å². The Bertz CT molecular complexity index is 1310. The summed E-state index contributed by atoms with van der Waals surface area (Å²) in [7, 11) is 1.52. The van der Waals surface area contributed by atoms with Crippen LogP contribution in [0.25, 0.3) is 0 Å². The van der Waals surface area contributed by atoms with Gasteiger partial charge < -0.3 is 19.9 Å². The lowest BCUT2D eigenvalue weighted by atomic mass is 9.80. The summed E-state index contributed by atoms with van der Waals surface area (Å²) in [5.41, 5.74) is -0.0907. The molecule has 12 heteroatoms. The first-order valence-corrected chi connectivity index (χ1v) is 12.6. The Balaban J connectivity index is 1.69. The zero-order chi connectivity index (χ0) is 27.6. The van der Waals surface area contributed by atoms with Gasteiger partial charge >= 0.3 is 18.0 Å². The van der Waals surface area contributed by atoms with Crippen molar-refractivity contribution < 1.29 is 23.9 Å². The van der Waals surface area contributed by atoms with E-state index >= 15 is 0 Å². The van der Waals surface area contributed by atoms with Crippen LogP contribution < -0.4 is 10.2 Å². The molecule has 2 saturated heterocycles. The summed E-state index contributed by atoms with van der Waals surface area (Å²) in [6.07, 6.45) is -0.00175. The number of esters is 1. The van der Waals surface area contributed by atoms with Gasteiger partial charge in [-0.25, -0.2) is 14.5 Å². The molecule has 0 radical (unpaired) electrons. The van der Waals surface area contributed by atoms with Crippen LogP contribution in [0.1, 0.15) is 30.4 Å². The van der Waals surface area contributed by atoms with Crippen LogP contribution in [0.15, 0.2) is 42.5 Å². The summed E-state index contributed by atoms with van der Waals surface area (Å²) < 4.78 is 4.89. The van der Waals surface area contributed by atoms with E-state index in [4.69, 9.17) is 27.9 Å². The molecule has 2 aliphatic rings. The number of likely N-dealkylation sites (tertiary alicyclic amines) is 1. The third-order valence-corrected chi connectivity index (χ3v) is 7.24. The Morgan fingerprint density at radius 2 is 1.82 bits per heavy atom. The Hall–Kier alpha value is -3.81. The Morgan fingerprint density at radius 3 is 2.42 bits per heavy atom. The number of hydrogen-bond donors (Lipinski definition) is 1. The number of nitrogens with one attached hydrogen (secondary N) is 1. The monoisotopic (exact) mass is 557 g/mol. The van der Waals surface area contributed by atoms with Crippen molar-refractivity contribution in [3.8, 4) is 6.07 Å². The third kappa shape index (κ3) is 4.87. The van der Waals surface area contributed by atoms with E-state index in [0.717, 1.165) is 4.90 Å². The number of urea groups is 2. The van der Waals surface area contributed by atoms with Crippen LogP contribution in [0.3, 0.4) is 0 Å². The molecule has 2 unspecified atom stereocenters. The van der Waals surface area contributed by atoms with Gasteiger partial charge in [0.1, 0.15) is 5.54 Å². The Morgan fingerprint density at radius 1 is 1.16 bits per heavy atom. The van der Waals surface area contributed by atoms with Gasteiger partial charge in [0.25, 0.3) is 5.91 Å². The molecule has 2 aromatic carbocycles. The number of nitrogens with zero attached hydrogens (tertiary/aromatic N) is 4. The number of ether oxygens (including phenoxy) is 1. The summed E-state index contributed by atoms with van der Waals surface area (Å²) in [4.78, 5) is 56.2. The van der Waals surface area contributed by atoms with E-state index in [1.54, 1.807) is 31.2 Å². The van der Waals surface area contributed by atoms with Gasteiger partial charge in [0.05, 0.1) is 36.9 Å². The maximum Gasteiger partial charge on any atom is 0.332 e. The SMILES string of the molecule is CCOC(=O)CCNC(=O)N1CC(c2ccc(C#N)cc2)C2(C1)C(=O)N(c1cc(Cl)cc(Cl)c1)C(=O)N2C. The normalized spacial score (nSPS) is 20.7. The zero-order valence-electron chi connectivity index (χ0n) is 20.7. The van der Waals surface area contributed by atoms with Crippen molar-refractivity contribution >= 4 is 52.8 Å². The summed E-state index contributed by atoms with van der Waals surface area (Å²) in [5, 5.41) is 12.4. The number of likely N-dealkylation sites (N-methyl/N-ethyl adjacent to an activating group) is 1. The van der Waals surface area contributed by atoms with Crippen molar-refractivity contribution in [2.45, 2.75) is 24.8 Å². The third-order valence-electron chi connectivity index (χ3n) is 6.81. The van der Waals surface area contributed by atoms with Crippen LogP contribution in [-0.2, 0) is 14.3 Å². The number of halogens is 2. The molecule has 2 aromatic rings. The fraction of sp³-hybridized carbons (Fsp3) is 0.346. The Kier molecular flexibility index (Phi) is 7.81. The first kappa shape index (κ1) is 27.2. The van der Waals surface area contributed by atoms with Gasteiger partial charge in [-0.05, 0) is 42.8 Å². The average molecular weight is 558 g/mol. The molecule has 5 amide bonds. The van der Waals surface area contributed by atoms with E-state index in [1.165, 1.54) is 35.0 Å². The minimum Gasteiger partial charge on any atom is -0.466 e. The molecule has 0 aromatic heterocycles. The summed E-state index contributed by atoms with van der Waals surface area (Å²) >= 11 is 12.3. The number of amides is 5. The van der Waals surface area contributed by atoms with Crippen LogP contribution >= 0.6 is 23.2 Å². The fourth-order valence-corrected chi connectivity index (χ4v) is 5.49. The lowest BCUT2D eigenvalue weighted by molar-refractivity contribution is -0.142. The number of nitriles is 1. The highest BCUT2D eigenvalue weighted by molar-refractivity contribution is 6.35. The van der Waals surface area contributed by atoms with Gasteiger partial charge in [0, 0.05) is 36.1 Å². The minimum atomic E-state index is -1.43. The van der Waals surface area contributed by atoms with E-state index in [-0.39, 0.29) is 48.4 Å². The number of carbonyl (C=O) groups is 4. The summed E-state index contributed by atoms with van der Waals surface area (Å²) in [5.74, 6) is -1.57. The summed E-state index contributed by atoms with van der Waals surface area (Å²) in [6, 6.07) is 12.1. The average Bonchev–Trinajstić information content (AvgIpc) is 3.37. The molecule has 38 heavy (non-hydrogen) atoms. The van der Waals surface area contributed by atoms with Crippen LogP contribution in [-0.4, -0.2) is 72.6 Å². The van der Waals surface area contributed by atoms with Crippen molar-refractivity contribution in [2.24, 2.45) is 0 Å². The standard InChI is InChI=1S/C26H25Cl2N5O5/c1-3-38-22(34)8-9-30-24(36)32-14-21(17-6-4-16(13-29)5-7-17)26(15-32)23(35)33(25(37)31(26)2)20-11-18(27)10-19(28)12-20/h4-7,10-12,21H,3,8-9,14-15H2,1-2H3,(H,30,36). The number of benzene rings is 2. The predicted octanol–water partition coefficient (Wildman–Crippen LogP) is 3.76. The van der Waals surface area contributed by atoms with Gasteiger partial charge in [-0.1, -0.05) is 35.3 Å². The van der Waals surface area contributed by atoms with Crippen LogP contribution in [0.5, 0.6) is 0 Å². The lowest BCUT2D eigenvalue weighted by Gasteiger charge is -2.33. The highest BCUT2D eigenvalue weighted by atomic mass is 35.5. The molecule has 2 aliphatic heterocycles. The first-order chi connectivity index (χ1) is 18.1. The van der Waals surface area contributed by atoms with Gasteiger partial charge in [-0.15, -0.1) is 0 Å². The number of imide groups is 1. The highest BCUT2D eigenvalue weighted by Crippen LogP contribution is 2.46. The molecule has 1 N–H and O–H groups in total. The summed E-state index contributed by atoms with van der Waals surface area (Å²) in [6.45, 7) is 2.02. The molecule has 198 valence electrons. The Labute approximate surface area is 229 Å². The minimum absolute atomic E-state index is 0.00175. The van der Waals surface area contributed by atoms with Crippen molar-refractivity contribution in [3.05, 3.63) is 63.6 Å². The van der Waals surface area contributed by atoms with Gasteiger partial charge in [-0.2, -0.15) is 5.26 Å². The van der Waals surface area contributed by atoms with Crippen LogP contribution in [0.2, 0.25) is 10.0 Å². The second-order valence-electron chi connectivity index (χ2n) is 8.99. The number of rotatable bonds is 6. The second-order valence-corrected chi connectivity index (χ2v) is 9.86. The molecule has 2 fully saturated rings. The van der Waals surface area contributed by atoms with Crippen molar-refractivity contribution in [2.75, 3.05) is 38.2 Å². The first-order valence-electron chi connectivity index (χ1n) is 11.9.